The second-order valence-corrected chi connectivity index (χ2v) is 6.67. The van der Waals surface area contributed by atoms with Crippen molar-refractivity contribution >= 4 is 27.7 Å². The number of piperazine rings is 1. The second-order valence-electron chi connectivity index (χ2n) is 5.75. The van der Waals surface area contributed by atoms with Crippen molar-refractivity contribution in [2.45, 2.75) is 13.3 Å². The molecule has 0 spiro atoms. The minimum atomic E-state index is -0.0204. The van der Waals surface area contributed by atoms with E-state index in [2.05, 4.69) is 26.1 Å². The summed E-state index contributed by atoms with van der Waals surface area (Å²) in [6, 6.07) is 7.40. The molecule has 7 heteroatoms. The molecule has 132 valence electrons. The van der Waals surface area contributed by atoms with Crippen LogP contribution in [0.15, 0.2) is 28.7 Å². The Hall–Kier alpha value is -1.60. The zero-order valence-electron chi connectivity index (χ0n) is 14.0. The van der Waals surface area contributed by atoms with E-state index in [1.807, 2.05) is 31.2 Å². The predicted octanol–water partition coefficient (Wildman–Crippen LogP) is 1.50. The lowest BCUT2D eigenvalue weighted by Crippen LogP contribution is -2.52. The van der Waals surface area contributed by atoms with E-state index in [4.69, 9.17) is 4.74 Å². The SMILES string of the molecule is CCCNC(=O)CN1CCN(C(=O)COc2ccc(Br)cc2)CC1. The Bertz CT molecular complexity index is 543. The number of ether oxygens (including phenoxy) is 1. The van der Waals surface area contributed by atoms with Crippen LogP contribution in [0.5, 0.6) is 5.75 Å². The number of amides is 2. The fourth-order valence-electron chi connectivity index (χ4n) is 2.45. The van der Waals surface area contributed by atoms with Crippen LogP contribution in [-0.4, -0.2) is 67.5 Å². The Balaban J connectivity index is 1.68. The number of carbonyl (C=O) groups is 2. The van der Waals surface area contributed by atoms with Crippen LogP contribution >= 0.6 is 15.9 Å². The molecule has 6 nitrogen and oxygen atoms in total. The minimum absolute atomic E-state index is 0.0204. The van der Waals surface area contributed by atoms with Crippen LogP contribution < -0.4 is 10.1 Å². The maximum absolute atomic E-state index is 12.2. The summed E-state index contributed by atoms with van der Waals surface area (Å²) in [5.74, 6) is 0.709. The number of hydrogen-bond donors (Lipinski definition) is 1. The van der Waals surface area contributed by atoms with Gasteiger partial charge in [-0.25, -0.2) is 0 Å². The van der Waals surface area contributed by atoms with Crippen molar-refractivity contribution in [1.82, 2.24) is 15.1 Å². The zero-order valence-corrected chi connectivity index (χ0v) is 15.5. The van der Waals surface area contributed by atoms with E-state index >= 15 is 0 Å². The first kappa shape index (κ1) is 18.7. The van der Waals surface area contributed by atoms with Crippen molar-refractivity contribution in [3.8, 4) is 5.75 Å². The van der Waals surface area contributed by atoms with Gasteiger partial charge in [-0.15, -0.1) is 0 Å². The van der Waals surface area contributed by atoms with Crippen LogP contribution in [0.3, 0.4) is 0 Å². The number of nitrogens with one attached hydrogen (secondary N) is 1. The first-order chi connectivity index (χ1) is 11.6. The van der Waals surface area contributed by atoms with Crippen LogP contribution in [-0.2, 0) is 9.59 Å². The molecule has 1 aliphatic heterocycles. The number of halogens is 1. The van der Waals surface area contributed by atoms with Gasteiger partial charge in [-0.05, 0) is 30.7 Å². The number of rotatable bonds is 7. The van der Waals surface area contributed by atoms with Gasteiger partial charge in [-0.1, -0.05) is 22.9 Å². The first-order valence-electron chi connectivity index (χ1n) is 8.23. The van der Waals surface area contributed by atoms with E-state index in [1.165, 1.54) is 0 Å². The monoisotopic (exact) mass is 397 g/mol. The average Bonchev–Trinajstić information content (AvgIpc) is 2.60. The lowest BCUT2D eigenvalue weighted by molar-refractivity contribution is -0.135. The quantitative estimate of drug-likeness (QED) is 0.756. The molecular formula is C17H24BrN3O3. The van der Waals surface area contributed by atoms with Crippen molar-refractivity contribution < 1.29 is 14.3 Å². The highest BCUT2D eigenvalue weighted by atomic mass is 79.9. The first-order valence-corrected chi connectivity index (χ1v) is 9.03. The van der Waals surface area contributed by atoms with Crippen LogP contribution in [0.25, 0.3) is 0 Å². The number of hydrogen-bond acceptors (Lipinski definition) is 4. The van der Waals surface area contributed by atoms with E-state index in [0.717, 1.165) is 10.9 Å². The summed E-state index contributed by atoms with van der Waals surface area (Å²) in [5, 5.41) is 2.87. The maximum Gasteiger partial charge on any atom is 0.260 e. The summed E-state index contributed by atoms with van der Waals surface area (Å²) in [6.45, 7) is 5.86. The average molecular weight is 398 g/mol. The molecule has 0 atom stereocenters. The van der Waals surface area contributed by atoms with Gasteiger partial charge in [0.1, 0.15) is 5.75 Å². The molecule has 1 aliphatic rings. The van der Waals surface area contributed by atoms with Crippen LogP contribution in [0.2, 0.25) is 0 Å². The van der Waals surface area contributed by atoms with Gasteiger partial charge in [0.25, 0.3) is 5.91 Å². The Labute approximate surface area is 151 Å². The largest absolute Gasteiger partial charge is 0.484 e. The van der Waals surface area contributed by atoms with E-state index in [-0.39, 0.29) is 18.4 Å². The molecule has 0 unspecified atom stereocenters. The molecule has 0 aliphatic carbocycles. The molecule has 2 amide bonds. The molecule has 0 bridgehead atoms. The molecule has 0 saturated carbocycles. The minimum Gasteiger partial charge on any atom is -0.484 e. The molecule has 1 fully saturated rings. The van der Waals surface area contributed by atoms with E-state index in [1.54, 1.807) is 4.90 Å². The number of carbonyl (C=O) groups excluding carboxylic acids is 2. The lowest BCUT2D eigenvalue weighted by Gasteiger charge is -2.34. The Morgan fingerprint density at radius 1 is 1.17 bits per heavy atom. The Kier molecular flexibility index (Phi) is 7.52. The fraction of sp³-hybridized carbons (Fsp3) is 0.529. The normalized spacial score (nSPS) is 15.2. The number of nitrogens with zero attached hydrogens (tertiary/aromatic N) is 2. The van der Waals surface area contributed by atoms with Gasteiger partial charge in [-0.2, -0.15) is 0 Å². The van der Waals surface area contributed by atoms with Gasteiger partial charge in [0, 0.05) is 37.2 Å². The second kappa shape index (κ2) is 9.64. The summed E-state index contributed by atoms with van der Waals surface area (Å²) in [6.07, 6.45) is 0.937. The van der Waals surface area contributed by atoms with Gasteiger partial charge >= 0.3 is 0 Å². The van der Waals surface area contributed by atoms with Gasteiger partial charge < -0.3 is 15.0 Å². The predicted molar refractivity (Wildman–Crippen MR) is 96.0 cm³/mol. The highest BCUT2D eigenvalue weighted by Gasteiger charge is 2.22. The van der Waals surface area contributed by atoms with Gasteiger partial charge in [0.2, 0.25) is 5.91 Å². The third-order valence-electron chi connectivity index (χ3n) is 3.84. The van der Waals surface area contributed by atoms with Crippen LogP contribution in [0.1, 0.15) is 13.3 Å². The summed E-state index contributed by atoms with van der Waals surface area (Å²) in [7, 11) is 0. The van der Waals surface area contributed by atoms with Crippen molar-refractivity contribution in [3.63, 3.8) is 0 Å². The molecule has 1 N–H and O–H groups in total. The molecule has 24 heavy (non-hydrogen) atoms. The molecule has 1 heterocycles. The summed E-state index contributed by atoms with van der Waals surface area (Å²) >= 11 is 3.36. The molecule has 1 aromatic carbocycles. The molecule has 2 rings (SSSR count). The third kappa shape index (κ3) is 6.13. The molecule has 0 aromatic heterocycles. The Morgan fingerprint density at radius 2 is 1.83 bits per heavy atom. The smallest absolute Gasteiger partial charge is 0.260 e. The zero-order chi connectivity index (χ0) is 17.4. The van der Waals surface area contributed by atoms with Gasteiger partial charge in [0.15, 0.2) is 6.61 Å². The molecule has 0 radical (unpaired) electrons. The summed E-state index contributed by atoms with van der Waals surface area (Å²) in [4.78, 5) is 27.8. The van der Waals surface area contributed by atoms with Crippen molar-refractivity contribution in [1.29, 1.82) is 0 Å². The fourth-order valence-corrected chi connectivity index (χ4v) is 2.71. The lowest BCUT2D eigenvalue weighted by atomic mass is 10.3. The van der Waals surface area contributed by atoms with E-state index in [9.17, 15) is 9.59 Å². The van der Waals surface area contributed by atoms with Crippen LogP contribution in [0, 0.1) is 0 Å². The van der Waals surface area contributed by atoms with Gasteiger partial charge in [0.05, 0.1) is 6.54 Å². The summed E-state index contributed by atoms with van der Waals surface area (Å²) in [5.41, 5.74) is 0. The topological polar surface area (TPSA) is 61.9 Å². The molecule has 1 saturated heterocycles. The Morgan fingerprint density at radius 3 is 2.46 bits per heavy atom. The standard InChI is InChI=1S/C17H24BrN3O3/c1-2-7-19-16(22)12-20-8-10-21(11-9-20)17(23)13-24-15-5-3-14(18)4-6-15/h3-6H,2,7-13H2,1H3,(H,19,22). The highest BCUT2D eigenvalue weighted by Crippen LogP contribution is 2.16. The van der Waals surface area contributed by atoms with Crippen molar-refractivity contribution in [2.24, 2.45) is 0 Å². The van der Waals surface area contributed by atoms with Crippen molar-refractivity contribution in [2.75, 3.05) is 45.9 Å². The highest BCUT2D eigenvalue weighted by molar-refractivity contribution is 9.10. The number of benzene rings is 1. The molecule has 1 aromatic rings. The maximum atomic E-state index is 12.2. The van der Waals surface area contributed by atoms with E-state index < -0.39 is 0 Å². The third-order valence-corrected chi connectivity index (χ3v) is 4.37. The van der Waals surface area contributed by atoms with Crippen LogP contribution in [0.4, 0.5) is 0 Å². The molecular weight excluding hydrogens is 374 g/mol. The van der Waals surface area contributed by atoms with Crippen molar-refractivity contribution in [3.05, 3.63) is 28.7 Å². The van der Waals surface area contributed by atoms with Gasteiger partial charge in [-0.3, -0.25) is 14.5 Å². The van der Waals surface area contributed by atoms with E-state index in [0.29, 0.717) is 45.0 Å². The summed E-state index contributed by atoms with van der Waals surface area (Å²) < 4.78 is 6.49.